The van der Waals surface area contributed by atoms with Crippen molar-refractivity contribution in [2.45, 2.75) is 13.8 Å². The monoisotopic (exact) mass is 212 g/mol. The van der Waals surface area contributed by atoms with Gasteiger partial charge in [-0.2, -0.15) is 0 Å². The zero-order chi connectivity index (χ0) is 9.84. The third kappa shape index (κ3) is 2.66. The highest BCUT2D eigenvalue weighted by Crippen LogP contribution is 2.18. The van der Waals surface area contributed by atoms with Gasteiger partial charge in [-0.25, -0.2) is 0 Å². The summed E-state index contributed by atoms with van der Waals surface area (Å²) in [6.45, 7) is 3.99. The van der Waals surface area contributed by atoms with E-state index in [1.165, 1.54) is 0 Å². The van der Waals surface area contributed by atoms with Gasteiger partial charge in [0.15, 0.2) is 0 Å². The molecule has 0 nitrogen and oxygen atoms in total. The predicted molar refractivity (Wildman–Crippen MR) is 58.5 cm³/mol. The topological polar surface area (TPSA) is 0 Å². The van der Waals surface area contributed by atoms with Crippen LogP contribution in [0.3, 0.4) is 0 Å². The predicted octanol–water partition coefficient (Wildman–Crippen LogP) is 3.55. The molecule has 0 amide bonds. The fraction of sp³-hybridized carbons (Fsp3) is 0.273. The van der Waals surface area contributed by atoms with Crippen molar-refractivity contribution in [2.75, 3.05) is 5.88 Å². The number of rotatable bonds is 0. The average molecular weight is 213 g/mol. The Morgan fingerprint density at radius 3 is 2.23 bits per heavy atom. The Kier molecular flexibility index (Phi) is 3.66. The smallest absolute Gasteiger partial charge is 0.0839 e. The number of benzene rings is 1. The normalized spacial score (nSPS) is 9.23. The molecule has 1 rings (SSSR count). The number of halogens is 2. The molecule has 0 radical (unpaired) electrons. The Morgan fingerprint density at radius 2 is 1.77 bits per heavy atom. The maximum absolute atomic E-state index is 5.88. The molecular weight excluding hydrogens is 203 g/mol. The minimum atomic E-state index is 0.363. The van der Waals surface area contributed by atoms with E-state index in [1.807, 2.05) is 26.0 Å². The van der Waals surface area contributed by atoms with Gasteiger partial charge >= 0.3 is 0 Å². The summed E-state index contributed by atoms with van der Waals surface area (Å²) >= 11 is 11.4. The maximum Gasteiger partial charge on any atom is 0.0839 e. The second kappa shape index (κ2) is 4.56. The van der Waals surface area contributed by atoms with Crippen molar-refractivity contribution in [3.05, 3.63) is 33.8 Å². The molecule has 0 aromatic heterocycles. The van der Waals surface area contributed by atoms with Gasteiger partial charge in [-0.1, -0.05) is 23.4 Å². The van der Waals surface area contributed by atoms with Crippen molar-refractivity contribution in [3.63, 3.8) is 0 Å². The Balaban J connectivity index is 3.21. The van der Waals surface area contributed by atoms with Gasteiger partial charge in [-0.05, 0) is 37.1 Å². The molecule has 2 heteroatoms. The minimum Gasteiger partial charge on any atom is -0.113 e. The summed E-state index contributed by atoms with van der Waals surface area (Å²) in [5.74, 6) is 6.22. The maximum atomic E-state index is 5.88. The van der Waals surface area contributed by atoms with Crippen LogP contribution in [0.15, 0.2) is 12.1 Å². The number of hydrogen-bond acceptors (Lipinski definition) is 0. The molecule has 0 aliphatic carbocycles. The van der Waals surface area contributed by atoms with Gasteiger partial charge in [-0.3, -0.25) is 0 Å². The van der Waals surface area contributed by atoms with E-state index in [4.69, 9.17) is 23.2 Å². The van der Waals surface area contributed by atoms with Crippen molar-refractivity contribution < 1.29 is 0 Å². The molecule has 0 aliphatic heterocycles. The van der Waals surface area contributed by atoms with Crippen molar-refractivity contribution >= 4 is 23.2 Å². The largest absolute Gasteiger partial charge is 0.113 e. The average Bonchev–Trinajstić information content (AvgIpc) is 2.02. The molecule has 13 heavy (non-hydrogen) atoms. The molecular formula is C11H10Cl2. The van der Waals surface area contributed by atoms with E-state index in [0.717, 1.165) is 21.7 Å². The van der Waals surface area contributed by atoms with Crippen LogP contribution in [0, 0.1) is 25.7 Å². The molecule has 0 atom stereocenters. The lowest BCUT2D eigenvalue weighted by Gasteiger charge is -2.03. The van der Waals surface area contributed by atoms with Gasteiger partial charge in [0.05, 0.1) is 5.88 Å². The Hall–Kier alpha value is -0.640. The summed E-state index contributed by atoms with van der Waals surface area (Å²) < 4.78 is 0. The van der Waals surface area contributed by atoms with Crippen LogP contribution in [-0.4, -0.2) is 5.88 Å². The lowest BCUT2D eigenvalue weighted by molar-refractivity contribution is 1.35. The zero-order valence-electron chi connectivity index (χ0n) is 7.62. The first-order valence-electron chi connectivity index (χ1n) is 3.96. The van der Waals surface area contributed by atoms with Gasteiger partial charge in [0.1, 0.15) is 0 Å². The summed E-state index contributed by atoms with van der Waals surface area (Å²) in [6.07, 6.45) is 0. The molecule has 68 valence electrons. The Bertz CT molecular complexity index is 346. The van der Waals surface area contributed by atoms with E-state index in [0.29, 0.717) is 5.88 Å². The highest BCUT2D eigenvalue weighted by atomic mass is 35.5. The number of aryl methyl sites for hydroxylation is 2. The molecule has 0 fully saturated rings. The van der Waals surface area contributed by atoms with Crippen molar-refractivity contribution in [2.24, 2.45) is 0 Å². The van der Waals surface area contributed by atoms with Crippen LogP contribution in [0.5, 0.6) is 0 Å². The summed E-state index contributed by atoms with van der Waals surface area (Å²) in [5, 5.41) is 0.756. The molecule has 0 unspecified atom stereocenters. The molecule has 0 heterocycles. The quantitative estimate of drug-likeness (QED) is 0.456. The van der Waals surface area contributed by atoms with Crippen molar-refractivity contribution in [1.29, 1.82) is 0 Å². The minimum absolute atomic E-state index is 0.363. The summed E-state index contributed by atoms with van der Waals surface area (Å²) in [7, 11) is 0. The highest BCUT2D eigenvalue weighted by molar-refractivity contribution is 6.30. The third-order valence-corrected chi connectivity index (χ3v) is 2.13. The van der Waals surface area contributed by atoms with Crippen LogP contribution in [-0.2, 0) is 0 Å². The van der Waals surface area contributed by atoms with Crippen LogP contribution in [0.4, 0.5) is 0 Å². The Morgan fingerprint density at radius 1 is 1.23 bits per heavy atom. The van der Waals surface area contributed by atoms with E-state index in [-0.39, 0.29) is 0 Å². The highest BCUT2D eigenvalue weighted by Gasteiger charge is 2.00. The van der Waals surface area contributed by atoms with E-state index in [1.54, 1.807) is 0 Å². The van der Waals surface area contributed by atoms with Gasteiger partial charge in [0, 0.05) is 10.6 Å². The SMILES string of the molecule is Cc1cc(Cl)cc(C)c1C#CCCl. The molecule has 0 spiro atoms. The molecule has 0 saturated carbocycles. The van der Waals surface area contributed by atoms with Crippen molar-refractivity contribution in [1.82, 2.24) is 0 Å². The first kappa shape index (κ1) is 10.4. The lowest BCUT2D eigenvalue weighted by Crippen LogP contribution is -1.87. The second-order valence-electron chi connectivity index (χ2n) is 2.85. The Labute approximate surface area is 88.9 Å². The fourth-order valence-corrected chi connectivity index (χ4v) is 1.62. The summed E-state index contributed by atoms with van der Waals surface area (Å²) in [4.78, 5) is 0. The number of hydrogen-bond donors (Lipinski definition) is 0. The second-order valence-corrected chi connectivity index (χ2v) is 3.55. The molecule has 0 saturated heterocycles. The summed E-state index contributed by atoms with van der Waals surface area (Å²) in [6, 6.07) is 3.82. The number of alkyl halides is 1. The van der Waals surface area contributed by atoms with Gasteiger partial charge in [0.2, 0.25) is 0 Å². The molecule has 1 aromatic carbocycles. The molecule has 1 aromatic rings. The molecule has 0 N–H and O–H groups in total. The molecule has 0 aliphatic rings. The van der Waals surface area contributed by atoms with Crippen molar-refractivity contribution in [3.8, 4) is 11.8 Å². The third-order valence-electron chi connectivity index (χ3n) is 1.78. The van der Waals surface area contributed by atoms with Gasteiger partial charge < -0.3 is 0 Å². The van der Waals surface area contributed by atoms with Crippen LogP contribution in [0.25, 0.3) is 0 Å². The van der Waals surface area contributed by atoms with Gasteiger partial charge in [0.25, 0.3) is 0 Å². The van der Waals surface area contributed by atoms with E-state index < -0.39 is 0 Å². The van der Waals surface area contributed by atoms with Crippen LogP contribution >= 0.6 is 23.2 Å². The van der Waals surface area contributed by atoms with E-state index >= 15 is 0 Å². The first-order chi connectivity index (χ1) is 6.15. The first-order valence-corrected chi connectivity index (χ1v) is 4.88. The van der Waals surface area contributed by atoms with Gasteiger partial charge in [-0.15, -0.1) is 11.6 Å². The standard InChI is InChI=1S/C11H10Cl2/c1-8-6-10(13)7-9(2)11(8)4-3-5-12/h6-7H,5H2,1-2H3. The van der Waals surface area contributed by atoms with Crippen LogP contribution in [0.2, 0.25) is 5.02 Å². The zero-order valence-corrected chi connectivity index (χ0v) is 9.13. The van der Waals surface area contributed by atoms with E-state index in [2.05, 4.69) is 11.8 Å². The lowest BCUT2D eigenvalue weighted by atomic mass is 10.0. The van der Waals surface area contributed by atoms with E-state index in [9.17, 15) is 0 Å². The summed E-state index contributed by atoms with van der Waals surface area (Å²) in [5.41, 5.74) is 3.23. The van der Waals surface area contributed by atoms with Crippen LogP contribution < -0.4 is 0 Å². The fourth-order valence-electron chi connectivity index (χ4n) is 1.23. The van der Waals surface area contributed by atoms with Crippen LogP contribution in [0.1, 0.15) is 16.7 Å². The molecule has 0 bridgehead atoms.